The van der Waals surface area contributed by atoms with Crippen LogP contribution in [0, 0.1) is 35.5 Å². The highest BCUT2D eigenvalue weighted by Crippen LogP contribution is 2.45. The first-order valence-corrected chi connectivity index (χ1v) is 38.9. The Hall–Kier alpha value is -7.16. The predicted octanol–water partition coefficient (Wildman–Crippen LogP) is 5.66. The van der Waals surface area contributed by atoms with Crippen LogP contribution in [0.2, 0.25) is 0 Å². The van der Waals surface area contributed by atoms with Crippen LogP contribution in [-0.2, 0) is 71.7 Å². The zero-order chi connectivity index (χ0) is 81.5. The Labute approximate surface area is 638 Å². The van der Waals surface area contributed by atoms with Crippen molar-refractivity contribution in [3.05, 3.63) is 12.2 Å². The van der Waals surface area contributed by atoms with E-state index < -0.39 is 211 Å². The number of carbonyl (C=O) groups is 12. The minimum atomic E-state index is -4.57. The molecular weight excluding hydrogens is 1430 g/mol. The molecule has 13 atom stereocenters. The smallest absolute Gasteiger partial charge is 0.381 e. The molecule has 3 aliphatic heterocycles. The summed E-state index contributed by atoms with van der Waals surface area (Å²) >= 11 is 0. The molecule has 1 spiro atoms. The van der Waals surface area contributed by atoms with E-state index in [9.17, 15) is 55.1 Å². The fraction of sp³-hybridized carbons (Fsp3) is 0.816. The summed E-state index contributed by atoms with van der Waals surface area (Å²) in [7, 11) is 13.5. The maximum Gasteiger partial charge on any atom is 0.394 e. The summed E-state index contributed by atoms with van der Waals surface area (Å²) in [5, 5.41) is 5.59. The highest BCUT2D eigenvalue weighted by molar-refractivity contribution is 6.01. The van der Waals surface area contributed by atoms with Crippen LogP contribution < -0.4 is 10.6 Å². The molecule has 3 unspecified atom stereocenters. The molecule has 27 nitrogen and oxygen atoms in total. The van der Waals surface area contributed by atoms with E-state index in [1.165, 1.54) is 95.0 Å². The van der Waals surface area contributed by atoms with Gasteiger partial charge in [-0.05, 0) is 134 Å². The Bertz CT molecular complexity index is 3200. The summed E-state index contributed by atoms with van der Waals surface area (Å²) in [5.74, 6) is -14.7. The van der Waals surface area contributed by atoms with Gasteiger partial charge in [0.1, 0.15) is 53.9 Å². The molecule has 0 aromatic heterocycles. The fourth-order valence-corrected chi connectivity index (χ4v) is 16.8. The second-order valence-electron chi connectivity index (χ2n) is 31.2. The predicted molar refractivity (Wildman–Crippen MR) is 390 cm³/mol. The largest absolute Gasteiger partial charge is 0.394 e. The van der Waals surface area contributed by atoms with Crippen LogP contribution >= 0.6 is 0 Å². The van der Waals surface area contributed by atoms with Gasteiger partial charge in [-0.1, -0.05) is 59.1 Å². The lowest BCUT2D eigenvalue weighted by molar-refractivity contribution is -0.215. The van der Waals surface area contributed by atoms with E-state index in [0.717, 1.165) is 24.5 Å². The number of ether oxygens (including phenoxy) is 3. The molecule has 3 heterocycles. The van der Waals surface area contributed by atoms with E-state index in [1.54, 1.807) is 39.8 Å². The molecule has 6 aliphatic rings. The number of hydrogen-bond donors (Lipinski definition) is 2. The molecule has 618 valence electrons. The zero-order valence-corrected chi connectivity index (χ0v) is 66.8. The highest BCUT2D eigenvalue weighted by Gasteiger charge is 2.57. The number of carbonyl (C=O) groups excluding carboxylic acids is 12. The van der Waals surface area contributed by atoms with Gasteiger partial charge in [0.15, 0.2) is 0 Å². The molecule has 3 saturated carbocycles. The number of nitrogens with one attached hydrogen (secondary N) is 2. The maximum absolute atomic E-state index is 15.7. The molecule has 12 amide bonds. The molecule has 5 fully saturated rings. The third-order valence-corrected chi connectivity index (χ3v) is 24.2. The van der Waals surface area contributed by atoms with Gasteiger partial charge < -0.3 is 73.8 Å². The van der Waals surface area contributed by atoms with Crippen LogP contribution in [0.1, 0.15) is 170 Å². The summed E-state index contributed by atoms with van der Waals surface area (Å²) in [6.07, 6.45) is -7.62. The Balaban J connectivity index is 1.50. The number of alkyl halides is 6. The van der Waals surface area contributed by atoms with Crippen molar-refractivity contribution >= 4 is 70.9 Å². The molecule has 33 heteroatoms. The SMILES string of the molecule is CCOC[C@H]1C(=O)N[C@@H]([C@@H](C)CC)C(=O)N(C)CC(=O)N(C)[C@H]2C/C=C\CCN(C2=O)[C@@H](CC2CCC(C(F)(F)F)CC2)C(=O)N(C)CC(=O)N[C@@H](CCC2CCC(C(F)(F)F)C(OC)C2)C(=O)N2C[C@H](OCC)C[C@H]2C(=O)N(C)C2(CCC2)C(=O)N(C)[C@@H](C(CC)CC)C(=O)N(C)[C@H](C(=O)N(C)C)CC(=O)N1C. The summed E-state index contributed by atoms with van der Waals surface area (Å²) in [6, 6.07) is -11.3. The van der Waals surface area contributed by atoms with Crippen LogP contribution in [-0.4, -0.2) is 315 Å². The fourth-order valence-electron chi connectivity index (χ4n) is 16.8. The Morgan fingerprint density at radius 2 is 1.28 bits per heavy atom. The monoisotopic (exact) mass is 1560 g/mol. The number of amides is 12. The average molecular weight is 1560 g/mol. The molecule has 109 heavy (non-hydrogen) atoms. The topological polar surface area (TPSA) is 289 Å². The molecule has 0 radical (unpaired) electrons. The number of hydrogen-bond acceptors (Lipinski definition) is 15. The number of nitrogens with zero attached hydrogens (tertiary/aromatic N) is 10. The van der Waals surface area contributed by atoms with E-state index in [0.29, 0.717) is 25.7 Å². The summed E-state index contributed by atoms with van der Waals surface area (Å²) < 4.78 is 103. The Kier molecular flexibility index (Phi) is 33.2. The number of methoxy groups -OCH3 is 1. The normalized spacial score (nSPS) is 30.3. The molecule has 2 bridgehead atoms. The first-order chi connectivity index (χ1) is 51.2. The molecule has 3 aliphatic carbocycles. The van der Waals surface area contributed by atoms with Gasteiger partial charge >= 0.3 is 12.4 Å². The minimum Gasteiger partial charge on any atom is -0.381 e. The van der Waals surface area contributed by atoms with Gasteiger partial charge in [0, 0.05) is 103 Å². The second-order valence-corrected chi connectivity index (χ2v) is 31.2. The van der Waals surface area contributed by atoms with E-state index in [2.05, 4.69) is 10.6 Å². The van der Waals surface area contributed by atoms with Crippen LogP contribution in [0.4, 0.5) is 26.3 Å². The lowest BCUT2D eigenvalue weighted by atomic mass is 9.73. The molecular formula is C76H122F6N12O15. The van der Waals surface area contributed by atoms with Crippen molar-refractivity contribution in [1.82, 2.24) is 59.6 Å². The number of rotatable bonds is 17. The maximum atomic E-state index is 15.7. The van der Waals surface area contributed by atoms with E-state index >= 15 is 28.8 Å². The van der Waals surface area contributed by atoms with Gasteiger partial charge in [0.2, 0.25) is 70.9 Å². The molecule has 2 saturated heterocycles. The second kappa shape index (κ2) is 39.8. The standard InChI is InChI=1S/C76H122F6N12O15/c1-17-46(6)63-71(104)87(10)44-62(97)88(11)54-26-23-22-24-37-93(70(54)103)56(38-47-27-31-50(32-28-47)75(77,78)79)68(101)86(9)43-60(95)83-53(34-30-48-29-33-52(76(80,81)82)59(39-48)107-16)66(99)94-42-51(109-21-5)40-57(94)69(102)92(15)74(35-25-36-74)73(106)91(14)64(49(18-2)19-3)72(105)90(13)55(67(100)85(7)8)41-61(96)89(12)58(45-108-20-4)65(98)84-63/h22-23,46-59,63-64H,17-21,24-45H2,1-16H3,(H,83,95)(H,84,98)/b23-22-/t46-,47?,48?,50?,51+,52?,53-,54-,55-,56-,57-,58-,59?,63-,64-/m0/s1. The molecule has 2 N–H and O–H groups in total. The Morgan fingerprint density at radius 1 is 0.642 bits per heavy atom. The first-order valence-electron chi connectivity index (χ1n) is 38.9. The zero-order valence-electron chi connectivity index (χ0n) is 66.8. The lowest BCUT2D eigenvalue weighted by Crippen LogP contribution is -2.68. The van der Waals surface area contributed by atoms with Gasteiger partial charge in [-0.15, -0.1) is 0 Å². The summed E-state index contributed by atoms with van der Waals surface area (Å²) in [4.78, 5) is 194. The summed E-state index contributed by atoms with van der Waals surface area (Å²) in [5.41, 5.74) is -1.62. The van der Waals surface area contributed by atoms with Crippen molar-refractivity contribution in [3.63, 3.8) is 0 Å². The minimum absolute atomic E-state index is 0.0285. The summed E-state index contributed by atoms with van der Waals surface area (Å²) in [6.45, 7) is 8.55. The Morgan fingerprint density at radius 3 is 1.83 bits per heavy atom. The quantitative estimate of drug-likeness (QED) is 0.131. The molecule has 0 aromatic carbocycles. The van der Waals surface area contributed by atoms with Crippen LogP contribution in [0.5, 0.6) is 0 Å². The average Bonchev–Trinajstić information content (AvgIpc) is 1.54. The first kappa shape index (κ1) is 90.7. The van der Waals surface area contributed by atoms with Crippen molar-refractivity contribution in [1.29, 1.82) is 0 Å². The third-order valence-electron chi connectivity index (χ3n) is 24.2. The van der Waals surface area contributed by atoms with Crippen LogP contribution in [0.25, 0.3) is 0 Å². The van der Waals surface area contributed by atoms with Gasteiger partial charge in [0.05, 0.1) is 50.2 Å². The van der Waals surface area contributed by atoms with Gasteiger partial charge in [-0.25, -0.2) is 0 Å². The van der Waals surface area contributed by atoms with Crippen molar-refractivity contribution < 1.29 is 98.1 Å². The molecule has 0 aromatic rings. The van der Waals surface area contributed by atoms with Crippen molar-refractivity contribution in [2.75, 3.05) is 117 Å². The van der Waals surface area contributed by atoms with E-state index in [-0.39, 0.29) is 123 Å². The van der Waals surface area contributed by atoms with Gasteiger partial charge in [0.25, 0.3) is 0 Å². The van der Waals surface area contributed by atoms with Gasteiger partial charge in [-0.2, -0.15) is 26.3 Å². The van der Waals surface area contributed by atoms with E-state index in [1.807, 2.05) is 13.8 Å². The third kappa shape index (κ3) is 22.0. The number of likely N-dealkylation sites (N-methyl/N-ethyl adjacent to an activating group) is 8. The highest BCUT2D eigenvalue weighted by atomic mass is 19.4. The van der Waals surface area contributed by atoms with Crippen molar-refractivity contribution in [3.8, 4) is 0 Å². The van der Waals surface area contributed by atoms with Crippen LogP contribution in [0.3, 0.4) is 0 Å². The van der Waals surface area contributed by atoms with Crippen LogP contribution in [0.15, 0.2) is 12.2 Å². The van der Waals surface area contributed by atoms with Crippen molar-refractivity contribution in [2.24, 2.45) is 35.5 Å². The van der Waals surface area contributed by atoms with Crippen molar-refractivity contribution in [2.45, 2.75) is 248 Å². The molecule has 6 rings (SSSR count). The number of halogens is 6. The van der Waals surface area contributed by atoms with Gasteiger partial charge in [-0.3, -0.25) is 57.5 Å². The number of fused-ring (bicyclic) bond motifs is 3. The lowest BCUT2D eigenvalue weighted by Gasteiger charge is -2.51. The van der Waals surface area contributed by atoms with E-state index in [4.69, 9.17) is 14.2 Å².